The second-order valence-electron chi connectivity index (χ2n) is 4.67. The summed E-state index contributed by atoms with van der Waals surface area (Å²) in [5.41, 5.74) is 2.75. The average Bonchev–Trinajstić information content (AvgIpc) is 2.56. The predicted octanol–water partition coefficient (Wildman–Crippen LogP) is 4.93. The van der Waals surface area contributed by atoms with E-state index in [2.05, 4.69) is 4.98 Å². The van der Waals surface area contributed by atoms with Gasteiger partial charge in [-0.3, -0.25) is 4.57 Å². The summed E-state index contributed by atoms with van der Waals surface area (Å²) in [6.07, 6.45) is 1.92. The Balaban J connectivity index is 1.98. The van der Waals surface area contributed by atoms with Crippen molar-refractivity contribution in [3.05, 3.63) is 70.6 Å². The summed E-state index contributed by atoms with van der Waals surface area (Å²) in [7, 11) is 1.64. The zero-order chi connectivity index (χ0) is 15.5. The van der Waals surface area contributed by atoms with Gasteiger partial charge in [-0.1, -0.05) is 23.7 Å². The van der Waals surface area contributed by atoms with Crippen molar-refractivity contribution in [2.45, 2.75) is 0 Å². The summed E-state index contributed by atoms with van der Waals surface area (Å²) in [5.74, 6) is 0.806. The fraction of sp³-hybridized carbons (Fsp3) is 0.0588. The number of aromatic nitrogens is 2. The van der Waals surface area contributed by atoms with Gasteiger partial charge < -0.3 is 4.74 Å². The lowest BCUT2D eigenvalue weighted by atomic mass is 10.1. The highest BCUT2D eigenvalue weighted by Crippen LogP contribution is 2.21. The van der Waals surface area contributed by atoms with Crippen molar-refractivity contribution in [1.29, 1.82) is 0 Å². The molecule has 2 aromatic carbocycles. The van der Waals surface area contributed by atoms with E-state index in [9.17, 15) is 0 Å². The van der Waals surface area contributed by atoms with Crippen LogP contribution in [0.5, 0.6) is 5.75 Å². The Hall–Kier alpha value is -2.17. The van der Waals surface area contributed by atoms with E-state index >= 15 is 0 Å². The van der Waals surface area contributed by atoms with E-state index in [0.29, 0.717) is 9.79 Å². The molecule has 3 rings (SSSR count). The highest BCUT2D eigenvalue weighted by atomic mass is 35.5. The molecular formula is C17H13ClN2OS. The van der Waals surface area contributed by atoms with Crippen molar-refractivity contribution in [1.82, 2.24) is 9.55 Å². The summed E-state index contributed by atoms with van der Waals surface area (Å²) in [4.78, 5) is 4.50. The first-order valence-corrected chi connectivity index (χ1v) is 7.46. The van der Waals surface area contributed by atoms with Gasteiger partial charge in [-0.15, -0.1) is 0 Å². The first-order valence-electron chi connectivity index (χ1n) is 6.67. The summed E-state index contributed by atoms with van der Waals surface area (Å²) in [6.45, 7) is 0. The van der Waals surface area contributed by atoms with Crippen LogP contribution in [0.1, 0.15) is 0 Å². The van der Waals surface area contributed by atoms with Gasteiger partial charge >= 0.3 is 0 Å². The number of rotatable bonds is 3. The molecule has 0 aliphatic heterocycles. The molecule has 0 saturated carbocycles. The highest BCUT2D eigenvalue weighted by molar-refractivity contribution is 7.71. The maximum absolute atomic E-state index is 5.91. The minimum absolute atomic E-state index is 0.498. The molecule has 3 aromatic rings. The van der Waals surface area contributed by atoms with E-state index in [1.54, 1.807) is 7.11 Å². The van der Waals surface area contributed by atoms with E-state index < -0.39 is 0 Å². The molecule has 0 aliphatic rings. The summed E-state index contributed by atoms with van der Waals surface area (Å²) in [6, 6.07) is 17.1. The van der Waals surface area contributed by atoms with Crippen LogP contribution >= 0.6 is 23.8 Å². The van der Waals surface area contributed by atoms with Crippen LogP contribution in [-0.2, 0) is 0 Å². The molecule has 1 heterocycles. The summed E-state index contributed by atoms with van der Waals surface area (Å²) < 4.78 is 7.51. The van der Waals surface area contributed by atoms with Gasteiger partial charge in [0.25, 0.3) is 0 Å². The van der Waals surface area contributed by atoms with E-state index in [-0.39, 0.29) is 0 Å². The number of ether oxygens (including phenoxy) is 1. The topological polar surface area (TPSA) is 27.1 Å². The second-order valence-corrected chi connectivity index (χ2v) is 5.47. The van der Waals surface area contributed by atoms with Crippen LogP contribution in [-0.4, -0.2) is 16.7 Å². The number of methoxy groups -OCH3 is 1. The molecule has 0 fully saturated rings. The summed E-state index contributed by atoms with van der Waals surface area (Å²) in [5, 5.41) is 0.701. The number of halogens is 1. The largest absolute Gasteiger partial charge is 0.497 e. The van der Waals surface area contributed by atoms with Crippen molar-refractivity contribution in [3.63, 3.8) is 0 Å². The van der Waals surface area contributed by atoms with Gasteiger partial charge in [0.15, 0.2) is 0 Å². The van der Waals surface area contributed by atoms with E-state index in [1.165, 1.54) is 0 Å². The summed E-state index contributed by atoms with van der Waals surface area (Å²) >= 11 is 11.3. The Labute approximate surface area is 138 Å². The van der Waals surface area contributed by atoms with Gasteiger partial charge in [0.05, 0.1) is 12.8 Å². The maximum atomic E-state index is 5.91. The number of hydrogen-bond acceptors (Lipinski definition) is 3. The van der Waals surface area contributed by atoms with Crippen molar-refractivity contribution < 1.29 is 4.74 Å². The predicted molar refractivity (Wildman–Crippen MR) is 91.4 cm³/mol. The van der Waals surface area contributed by atoms with Crippen molar-refractivity contribution in [2.75, 3.05) is 7.11 Å². The fourth-order valence-electron chi connectivity index (χ4n) is 2.12. The van der Waals surface area contributed by atoms with Gasteiger partial charge in [0, 0.05) is 22.5 Å². The van der Waals surface area contributed by atoms with Crippen LogP contribution in [0, 0.1) is 4.77 Å². The Morgan fingerprint density at radius 2 is 1.68 bits per heavy atom. The molecule has 0 amide bonds. The Morgan fingerprint density at radius 1 is 1.00 bits per heavy atom. The third-order valence-corrected chi connectivity index (χ3v) is 3.83. The fourth-order valence-corrected chi connectivity index (χ4v) is 2.51. The average molecular weight is 329 g/mol. The molecule has 5 heteroatoms. The second kappa shape index (κ2) is 6.30. The lowest BCUT2D eigenvalue weighted by Gasteiger charge is -2.09. The van der Waals surface area contributed by atoms with Gasteiger partial charge in [-0.25, -0.2) is 4.98 Å². The maximum Gasteiger partial charge on any atom is 0.204 e. The minimum atomic E-state index is 0.498. The first-order chi connectivity index (χ1) is 10.7. The molecule has 0 unspecified atom stereocenters. The molecule has 0 N–H and O–H groups in total. The Morgan fingerprint density at radius 3 is 2.27 bits per heavy atom. The molecule has 22 heavy (non-hydrogen) atoms. The lowest BCUT2D eigenvalue weighted by Crippen LogP contribution is -1.99. The lowest BCUT2D eigenvalue weighted by molar-refractivity contribution is 0.414. The van der Waals surface area contributed by atoms with Crippen molar-refractivity contribution >= 4 is 23.8 Å². The first kappa shape index (κ1) is 14.8. The van der Waals surface area contributed by atoms with Crippen LogP contribution in [0.3, 0.4) is 0 Å². The SMILES string of the molecule is COc1ccc(-n2ccc(-c3ccc(Cl)cc3)nc2=S)cc1. The smallest absolute Gasteiger partial charge is 0.204 e. The molecule has 1 aromatic heterocycles. The monoisotopic (exact) mass is 328 g/mol. The molecule has 0 bridgehead atoms. The number of hydrogen-bond donors (Lipinski definition) is 0. The number of benzene rings is 2. The normalized spacial score (nSPS) is 10.5. The molecule has 0 spiro atoms. The van der Waals surface area contributed by atoms with Gasteiger partial charge in [-0.2, -0.15) is 0 Å². The van der Waals surface area contributed by atoms with Crippen molar-refractivity contribution in [3.8, 4) is 22.7 Å². The van der Waals surface area contributed by atoms with E-state index in [0.717, 1.165) is 22.7 Å². The van der Waals surface area contributed by atoms with E-state index in [4.69, 9.17) is 28.6 Å². The molecular weight excluding hydrogens is 316 g/mol. The molecule has 0 atom stereocenters. The molecule has 0 radical (unpaired) electrons. The molecule has 3 nitrogen and oxygen atoms in total. The van der Waals surface area contributed by atoms with Crippen LogP contribution in [0.2, 0.25) is 5.02 Å². The standard InChI is InChI=1S/C17H13ClN2OS/c1-21-15-8-6-14(7-9-15)20-11-10-16(19-17(20)22)12-2-4-13(18)5-3-12/h2-11H,1H3. The third-order valence-electron chi connectivity index (χ3n) is 3.29. The zero-order valence-corrected chi connectivity index (χ0v) is 13.4. The van der Waals surface area contributed by atoms with E-state index in [1.807, 2.05) is 65.4 Å². The van der Waals surface area contributed by atoms with Crippen LogP contribution in [0.25, 0.3) is 16.9 Å². The molecule has 0 aliphatic carbocycles. The van der Waals surface area contributed by atoms with Crippen LogP contribution in [0.15, 0.2) is 60.8 Å². The number of nitrogens with zero attached hydrogens (tertiary/aromatic N) is 2. The van der Waals surface area contributed by atoms with Gasteiger partial charge in [0.2, 0.25) is 4.77 Å². The third kappa shape index (κ3) is 3.03. The van der Waals surface area contributed by atoms with Crippen molar-refractivity contribution in [2.24, 2.45) is 0 Å². The quantitative estimate of drug-likeness (QED) is 0.638. The highest BCUT2D eigenvalue weighted by Gasteiger charge is 2.03. The Kier molecular flexibility index (Phi) is 4.22. The zero-order valence-electron chi connectivity index (χ0n) is 11.9. The van der Waals surface area contributed by atoms with Crippen LogP contribution in [0.4, 0.5) is 0 Å². The Bertz CT molecular complexity index is 842. The van der Waals surface area contributed by atoms with Gasteiger partial charge in [-0.05, 0) is 54.7 Å². The van der Waals surface area contributed by atoms with Crippen LogP contribution < -0.4 is 4.74 Å². The minimum Gasteiger partial charge on any atom is -0.497 e. The van der Waals surface area contributed by atoms with Gasteiger partial charge in [0.1, 0.15) is 5.75 Å². The molecule has 0 saturated heterocycles. The molecule has 110 valence electrons.